The number of amides is 1. The monoisotopic (exact) mass is 167 g/mol. The first-order valence-electron chi connectivity index (χ1n) is 3.43. The summed E-state index contributed by atoms with van der Waals surface area (Å²) in [6.45, 7) is 3.06. The van der Waals surface area contributed by atoms with E-state index in [0.717, 1.165) is 0 Å². The van der Waals surface area contributed by atoms with Crippen molar-refractivity contribution < 1.29 is 4.79 Å². The summed E-state index contributed by atoms with van der Waals surface area (Å²) >= 11 is 0. The van der Waals surface area contributed by atoms with Gasteiger partial charge in [-0.25, -0.2) is 0 Å². The number of anilines is 1. The number of carbonyl (C=O) groups is 1. The minimum Gasteiger partial charge on any atom is -0.311 e. The summed E-state index contributed by atoms with van der Waals surface area (Å²) in [5, 5.41) is 2.46. The molecule has 0 aliphatic rings. The molecule has 12 heavy (non-hydrogen) atoms. The molecule has 0 saturated carbocycles. The fraction of sp³-hybridized carbons (Fsp3) is 0.286. The molecule has 0 unspecified atom stereocenters. The Morgan fingerprint density at radius 3 is 2.92 bits per heavy atom. The van der Waals surface area contributed by atoms with Crippen LogP contribution in [-0.4, -0.2) is 15.9 Å². The predicted molar refractivity (Wildman–Crippen MR) is 43.9 cm³/mol. The van der Waals surface area contributed by atoms with Crippen LogP contribution in [0.25, 0.3) is 0 Å². The van der Waals surface area contributed by atoms with E-state index in [2.05, 4.69) is 15.3 Å². The van der Waals surface area contributed by atoms with E-state index in [4.69, 9.17) is 0 Å². The summed E-state index contributed by atoms with van der Waals surface area (Å²) in [5.74, 6) is 0.122. The van der Waals surface area contributed by atoms with Crippen LogP contribution in [0, 0.1) is 6.92 Å². The minimum absolute atomic E-state index is 0.234. The Kier molecular flexibility index (Phi) is 2.23. The molecule has 1 heterocycles. The molecule has 0 aliphatic carbocycles. The average molecular weight is 167 g/mol. The van der Waals surface area contributed by atoms with Crippen LogP contribution < -0.4 is 10.9 Å². The van der Waals surface area contributed by atoms with Gasteiger partial charge in [-0.3, -0.25) is 14.6 Å². The maximum atomic E-state index is 10.8. The van der Waals surface area contributed by atoms with E-state index >= 15 is 0 Å². The number of rotatable bonds is 1. The van der Waals surface area contributed by atoms with Gasteiger partial charge in [-0.15, -0.1) is 0 Å². The molecule has 0 saturated heterocycles. The highest BCUT2D eigenvalue weighted by Crippen LogP contribution is 2.02. The number of nitrogens with one attached hydrogen (secondary N) is 2. The van der Waals surface area contributed by atoms with Gasteiger partial charge in [-0.1, -0.05) is 0 Å². The lowest BCUT2D eigenvalue weighted by atomic mass is 10.4. The van der Waals surface area contributed by atoms with Gasteiger partial charge in [0, 0.05) is 6.92 Å². The van der Waals surface area contributed by atoms with E-state index in [0.29, 0.717) is 11.5 Å². The van der Waals surface area contributed by atoms with E-state index in [9.17, 15) is 9.59 Å². The molecule has 0 aromatic carbocycles. The van der Waals surface area contributed by atoms with E-state index in [-0.39, 0.29) is 11.5 Å². The van der Waals surface area contributed by atoms with Crippen molar-refractivity contribution in [1.29, 1.82) is 0 Å². The summed E-state index contributed by atoms with van der Waals surface area (Å²) < 4.78 is 0. The molecular weight excluding hydrogens is 158 g/mol. The maximum Gasteiger partial charge on any atom is 0.267 e. The molecule has 64 valence electrons. The second kappa shape index (κ2) is 3.17. The van der Waals surface area contributed by atoms with Crippen LogP contribution in [0.5, 0.6) is 0 Å². The molecule has 1 amide bonds. The Bertz CT molecular complexity index is 356. The molecular formula is C7H9N3O2. The summed E-state index contributed by atoms with van der Waals surface area (Å²) in [6.07, 6.45) is 1.17. The molecule has 2 N–H and O–H groups in total. The number of carbonyl (C=O) groups excluding carboxylic acids is 1. The van der Waals surface area contributed by atoms with Crippen LogP contribution >= 0.6 is 0 Å². The number of nitrogens with zero attached hydrogens (tertiary/aromatic N) is 1. The van der Waals surface area contributed by atoms with Crippen molar-refractivity contribution in [2.45, 2.75) is 13.8 Å². The van der Waals surface area contributed by atoms with Crippen molar-refractivity contribution in [3.05, 3.63) is 22.2 Å². The standard InChI is InChI=1S/C7H9N3O2/c1-4-7(9-5(2)11)10-6(12)3-8-4/h3H,1-2H3,(H2,9,10,11,12). The predicted octanol–water partition coefficient (Wildman–Crippen LogP) is 0.0367. The third kappa shape index (κ3) is 1.91. The largest absolute Gasteiger partial charge is 0.311 e. The quantitative estimate of drug-likeness (QED) is 0.620. The van der Waals surface area contributed by atoms with Crippen LogP contribution in [0.1, 0.15) is 12.6 Å². The number of H-pyrrole nitrogens is 1. The molecule has 0 bridgehead atoms. The maximum absolute atomic E-state index is 10.8. The first kappa shape index (κ1) is 8.45. The average Bonchev–Trinajstić information content (AvgIpc) is 1.96. The summed E-state index contributed by atoms with van der Waals surface area (Å²) in [5.41, 5.74) is 0.258. The van der Waals surface area contributed by atoms with E-state index in [1.165, 1.54) is 13.1 Å². The molecule has 0 atom stereocenters. The smallest absolute Gasteiger partial charge is 0.267 e. The van der Waals surface area contributed by atoms with Gasteiger partial charge in [0.15, 0.2) is 0 Å². The minimum atomic E-state index is -0.329. The number of hydrogen-bond acceptors (Lipinski definition) is 3. The van der Waals surface area contributed by atoms with E-state index in [1.54, 1.807) is 6.92 Å². The first-order chi connectivity index (χ1) is 5.59. The van der Waals surface area contributed by atoms with Crippen molar-refractivity contribution >= 4 is 11.7 Å². The van der Waals surface area contributed by atoms with E-state index < -0.39 is 0 Å². The molecule has 5 heteroatoms. The molecule has 1 aromatic heterocycles. The molecule has 0 spiro atoms. The second-order valence-electron chi connectivity index (χ2n) is 2.39. The van der Waals surface area contributed by atoms with Gasteiger partial charge < -0.3 is 10.3 Å². The number of hydrogen-bond donors (Lipinski definition) is 2. The molecule has 0 fully saturated rings. The first-order valence-corrected chi connectivity index (χ1v) is 3.43. The SMILES string of the molecule is CC(=O)Nc1[nH]c(=O)cnc1C. The van der Waals surface area contributed by atoms with Gasteiger partial charge >= 0.3 is 0 Å². The van der Waals surface area contributed by atoms with Gasteiger partial charge in [0.2, 0.25) is 5.91 Å². The van der Waals surface area contributed by atoms with Gasteiger partial charge in [0.1, 0.15) is 5.82 Å². The van der Waals surface area contributed by atoms with Crippen LogP contribution in [0.3, 0.4) is 0 Å². The topological polar surface area (TPSA) is 74.8 Å². The van der Waals surface area contributed by atoms with Crippen LogP contribution in [0.15, 0.2) is 11.0 Å². The third-order valence-electron chi connectivity index (χ3n) is 1.29. The van der Waals surface area contributed by atoms with Gasteiger partial charge in [0.05, 0.1) is 11.9 Å². The normalized spacial score (nSPS) is 9.50. The summed E-state index contributed by atoms with van der Waals surface area (Å²) in [4.78, 5) is 27.6. The van der Waals surface area contributed by atoms with Crippen LogP contribution in [-0.2, 0) is 4.79 Å². The fourth-order valence-corrected chi connectivity index (χ4v) is 0.764. The fourth-order valence-electron chi connectivity index (χ4n) is 0.764. The zero-order chi connectivity index (χ0) is 9.14. The van der Waals surface area contributed by atoms with Crippen LogP contribution in [0.2, 0.25) is 0 Å². The Morgan fingerprint density at radius 2 is 2.33 bits per heavy atom. The third-order valence-corrected chi connectivity index (χ3v) is 1.29. The molecule has 0 radical (unpaired) electrons. The molecule has 0 aliphatic heterocycles. The lowest BCUT2D eigenvalue weighted by Crippen LogP contribution is -2.15. The lowest BCUT2D eigenvalue weighted by Gasteiger charge is -2.02. The number of aromatic nitrogens is 2. The highest BCUT2D eigenvalue weighted by Gasteiger charge is 2.00. The summed E-state index contributed by atoms with van der Waals surface area (Å²) in [7, 11) is 0. The lowest BCUT2D eigenvalue weighted by molar-refractivity contribution is -0.114. The van der Waals surface area contributed by atoms with Gasteiger partial charge in [0.25, 0.3) is 5.56 Å². The molecule has 5 nitrogen and oxygen atoms in total. The summed E-state index contributed by atoms with van der Waals surface area (Å²) in [6, 6.07) is 0. The van der Waals surface area contributed by atoms with Gasteiger partial charge in [-0.2, -0.15) is 0 Å². The molecule has 1 rings (SSSR count). The number of aromatic amines is 1. The van der Waals surface area contributed by atoms with Crippen molar-refractivity contribution in [2.75, 3.05) is 5.32 Å². The Balaban J connectivity index is 3.05. The van der Waals surface area contributed by atoms with Crippen molar-refractivity contribution in [2.24, 2.45) is 0 Å². The zero-order valence-electron chi connectivity index (χ0n) is 6.84. The Labute approximate surface area is 68.8 Å². The highest BCUT2D eigenvalue weighted by molar-refractivity contribution is 5.87. The van der Waals surface area contributed by atoms with Gasteiger partial charge in [-0.05, 0) is 6.92 Å². The highest BCUT2D eigenvalue weighted by atomic mass is 16.1. The van der Waals surface area contributed by atoms with Crippen molar-refractivity contribution in [3.63, 3.8) is 0 Å². The molecule has 1 aromatic rings. The Morgan fingerprint density at radius 1 is 1.67 bits per heavy atom. The number of aryl methyl sites for hydroxylation is 1. The zero-order valence-corrected chi connectivity index (χ0v) is 6.84. The van der Waals surface area contributed by atoms with Crippen LogP contribution in [0.4, 0.5) is 5.82 Å². The van der Waals surface area contributed by atoms with Crippen molar-refractivity contribution in [3.8, 4) is 0 Å². The van der Waals surface area contributed by atoms with Crippen molar-refractivity contribution in [1.82, 2.24) is 9.97 Å². The van der Waals surface area contributed by atoms with E-state index in [1.807, 2.05) is 0 Å². The Hall–Kier alpha value is -1.65. The second-order valence-corrected chi connectivity index (χ2v) is 2.39.